The monoisotopic (exact) mass is 293 g/mol. The van der Waals surface area contributed by atoms with Gasteiger partial charge in [-0.2, -0.15) is 0 Å². The van der Waals surface area contributed by atoms with E-state index in [9.17, 15) is 4.79 Å². The van der Waals surface area contributed by atoms with Crippen LogP contribution in [0, 0.1) is 0 Å². The first kappa shape index (κ1) is 17.3. The predicted octanol–water partition coefficient (Wildman–Crippen LogP) is 2.94. The lowest BCUT2D eigenvalue weighted by Gasteiger charge is -2.30. The molecule has 0 spiro atoms. The predicted molar refractivity (Wildman–Crippen MR) is 87.0 cm³/mol. The number of ether oxygens (including phenoxy) is 1. The summed E-state index contributed by atoms with van der Waals surface area (Å²) in [5.41, 5.74) is 0.669. The number of anilines is 1. The smallest absolute Gasteiger partial charge is 0.319 e. The molecule has 0 atom stereocenters. The van der Waals surface area contributed by atoms with Crippen molar-refractivity contribution < 1.29 is 9.53 Å². The maximum Gasteiger partial charge on any atom is 0.319 e. The number of benzene rings is 1. The molecule has 0 saturated heterocycles. The zero-order valence-corrected chi connectivity index (χ0v) is 13.6. The zero-order chi connectivity index (χ0) is 15.8. The van der Waals surface area contributed by atoms with E-state index in [1.807, 2.05) is 24.3 Å². The second-order valence-electron chi connectivity index (χ2n) is 5.51. The van der Waals surface area contributed by atoms with E-state index in [1.54, 1.807) is 7.11 Å². The second kappa shape index (κ2) is 8.52. The van der Waals surface area contributed by atoms with Crippen LogP contribution in [0.5, 0.6) is 5.75 Å². The number of amides is 2. The minimum atomic E-state index is -0.216. The fourth-order valence-corrected chi connectivity index (χ4v) is 2.33. The third-order valence-electron chi connectivity index (χ3n) is 3.34. The van der Waals surface area contributed by atoms with Crippen LogP contribution in [0.1, 0.15) is 27.7 Å². The van der Waals surface area contributed by atoms with Crippen molar-refractivity contribution in [3.63, 3.8) is 0 Å². The van der Waals surface area contributed by atoms with Crippen LogP contribution in [0.4, 0.5) is 10.5 Å². The molecule has 0 aromatic heterocycles. The Hall–Kier alpha value is -1.75. The van der Waals surface area contributed by atoms with Gasteiger partial charge in [-0.05, 0) is 39.8 Å². The van der Waals surface area contributed by atoms with Crippen LogP contribution in [0.2, 0.25) is 0 Å². The summed E-state index contributed by atoms with van der Waals surface area (Å²) in [6.07, 6.45) is 0. The standard InChI is InChI=1S/C16H27N3O2/c1-12(2)19(13(3)4)11-10-17-16(20)18-14-8-6-7-9-15(14)21-5/h6-9,12-13H,10-11H2,1-5H3,(H2,17,18,20). The highest BCUT2D eigenvalue weighted by atomic mass is 16.5. The van der Waals surface area contributed by atoms with E-state index in [0.29, 0.717) is 30.1 Å². The van der Waals surface area contributed by atoms with Gasteiger partial charge < -0.3 is 15.4 Å². The molecule has 0 aliphatic heterocycles. The van der Waals surface area contributed by atoms with E-state index in [2.05, 4.69) is 43.2 Å². The molecule has 0 aliphatic carbocycles. The van der Waals surface area contributed by atoms with Gasteiger partial charge in [0.1, 0.15) is 5.75 Å². The van der Waals surface area contributed by atoms with Gasteiger partial charge >= 0.3 is 6.03 Å². The SMILES string of the molecule is COc1ccccc1NC(=O)NCCN(C(C)C)C(C)C. The van der Waals surface area contributed by atoms with E-state index in [1.165, 1.54) is 0 Å². The van der Waals surface area contributed by atoms with Gasteiger partial charge in [0, 0.05) is 25.2 Å². The summed E-state index contributed by atoms with van der Waals surface area (Å²) >= 11 is 0. The number of nitrogens with one attached hydrogen (secondary N) is 2. The molecule has 0 fully saturated rings. The second-order valence-corrected chi connectivity index (χ2v) is 5.51. The zero-order valence-electron chi connectivity index (χ0n) is 13.6. The van der Waals surface area contributed by atoms with Crippen molar-refractivity contribution in [3.05, 3.63) is 24.3 Å². The molecule has 5 nitrogen and oxygen atoms in total. The minimum Gasteiger partial charge on any atom is -0.495 e. The normalized spacial score (nSPS) is 11.0. The lowest BCUT2D eigenvalue weighted by atomic mass is 10.2. The molecule has 118 valence electrons. The number of carbonyl (C=O) groups excluding carboxylic acids is 1. The number of carbonyl (C=O) groups is 1. The maximum absolute atomic E-state index is 11.9. The minimum absolute atomic E-state index is 0.216. The van der Waals surface area contributed by atoms with E-state index < -0.39 is 0 Å². The highest BCUT2D eigenvalue weighted by molar-refractivity contribution is 5.90. The van der Waals surface area contributed by atoms with Crippen LogP contribution in [0.3, 0.4) is 0 Å². The van der Waals surface area contributed by atoms with Crippen LogP contribution in [-0.4, -0.2) is 43.2 Å². The first-order chi connectivity index (χ1) is 9.95. The van der Waals surface area contributed by atoms with E-state index in [-0.39, 0.29) is 6.03 Å². The molecular weight excluding hydrogens is 266 g/mol. The first-order valence-corrected chi connectivity index (χ1v) is 7.39. The molecule has 0 radical (unpaired) electrons. The highest BCUT2D eigenvalue weighted by Gasteiger charge is 2.13. The van der Waals surface area contributed by atoms with Gasteiger partial charge in [-0.15, -0.1) is 0 Å². The molecule has 5 heteroatoms. The Bertz CT molecular complexity index is 439. The molecule has 1 aromatic carbocycles. The summed E-state index contributed by atoms with van der Waals surface area (Å²) in [5, 5.41) is 5.68. The van der Waals surface area contributed by atoms with Crippen LogP contribution in [0.25, 0.3) is 0 Å². The summed E-state index contributed by atoms with van der Waals surface area (Å²) in [5.74, 6) is 0.652. The van der Waals surface area contributed by atoms with Crippen LogP contribution < -0.4 is 15.4 Å². The van der Waals surface area contributed by atoms with Gasteiger partial charge in [0.15, 0.2) is 0 Å². The molecule has 2 N–H and O–H groups in total. The molecular formula is C16H27N3O2. The molecule has 0 aliphatic rings. The molecule has 0 bridgehead atoms. The van der Waals surface area contributed by atoms with Gasteiger partial charge in [0.25, 0.3) is 0 Å². The van der Waals surface area contributed by atoms with Crippen molar-refractivity contribution in [2.75, 3.05) is 25.5 Å². The number of rotatable bonds is 7. The van der Waals surface area contributed by atoms with Gasteiger partial charge in [-0.25, -0.2) is 4.79 Å². The van der Waals surface area contributed by atoms with Gasteiger partial charge in [0.2, 0.25) is 0 Å². The van der Waals surface area contributed by atoms with Gasteiger partial charge in [0.05, 0.1) is 12.8 Å². The van der Waals surface area contributed by atoms with E-state index in [0.717, 1.165) is 6.54 Å². The number of urea groups is 1. The fourth-order valence-electron chi connectivity index (χ4n) is 2.33. The highest BCUT2D eigenvalue weighted by Crippen LogP contribution is 2.22. The number of nitrogens with zero attached hydrogens (tertiary/aromatic N) is 1. The summed E-state index contributed by atoms with van der Waals surface area (Å²) in [7, 11) is 1.58. The van der Waals surface area contributed by atoms with Crippen molar-refractivity contribution >= 4 is 11.7 Å². The molecule has 2 amide bonds. The number of hydrogen-bond acceptors (Lipinski definition) is 3. The average Bonchev–Trinajstić information content (AvgIpc) is 2.43. The van der Waals surface area contributed by atoms with Crippen molar-refractivity contribution in [1.82, 2.24) is 10.2 Å². The topological polar surface area (TPSA) is 53.6 Å². The maximum atomic E-state index is 11.9. The molecule has 1 rings (SSSR count). The Kier molecular flexibility index (Phi) is 7.02. The van der Waals surface area contributed by atoms with E-state index >= 15 is 0 Å². The summed E-state index contributed by atoms with van der Waals surface area (Å²) in [4.78, 5) is 14.2. The molecule has 1 aromatic rings. The largest absolute Gasteiger partial charge is 0.495 e. The number of methoxy groups -OCH3 is 1. The third-order valence-corrected chi connectivity index (χ3v) is 3.34. The van der Waals surface area contributed by atoms with Gasteiger partial charge in [-0.1, -0.05) is 12.1 Å². The summed E-state index contributed by atoms with van der Waals surface area (Å²) < 4.78 is 5.20. The van der Waals surface area contributed by atoms with E-state index in [4.69, 9.17) is 4.74 Å². The Morgan fingerprint density at radius 3 is 2.38 bits per heavy atom. The molecule has 21 heavy (non-hydrogen) atoms. The fraction of sp³-hybridized carbons (Fsp3) is 0.562. The van der Waals surface area contributed by atoms with Gasteiger partial charge in [-0.3, -0.25) is 4.90 Å². The third kappa shape index (κ3) is 5.63. The molecule has 0 unspecified atom stereocenters. The Labute approximate surface area is 127 Å². The number of para-hydroxylation sites is 2. The van der Waals surface area contributed by atoms with Crippen molar-refractivity contribution in [2.45, 2.75) is 39.8 Å². The van der Waals surface area contributed by atoms with Crippen molar-refractivity contribution in [2.24, 2.45) is 0 Å². The first-order valence-electron chi connectivity index (χ1n) is 7.39. The lowest BCUT2D eigenvalue weighted by molar-refractivity contribution is 0.176. The summed E-state index contributed by atoms with van der Waals surface area (Å²) in [6, 6.07) is 8.06. The van der Waals surface area contributed by atoms with Crippen LogP contribution >= 0.6 is 0 Å². The Morgan fingerprint density at radius 1 is 1.19 bits per heavy atom. The van der Waals surface area contributed by atoms with Crippen LogP contribution in [-0.2, 0) is 0 Å². The number of hydrogen-bond donors (Lipinski definition) is 2. The van der Waals surface area contributed by atoms with Crippen molar-refractivity contribution in [3.8, 4) is 5.75 Å². The average molecular weight is 293 g/mol. The molecule has 0 saturated carbocycles. The van der Waals surface area contributed by atoms with Crippen LogP contribution in [0.15, 0.2) is 24.3 Å². The lowest BCUT2D eigenvalue weighted by Crippen LogP contribution is -2.43. The quantitative estimate of drug-likeness (QED) is 0.812. The molecule has 0 heterocycles. The Morgan fingerprint density at radius 2 is 1.81 bits per heavy atom. The summed E-state index contributed by atoms with van der Waals surface area (Å²) in [6.45, 7) is 10.1. The Balaban J connectivity index is 2.44. The van der Waals surface area contributed by atoms with Crippen molar-refractivity contribution in [1.29, 1.82) is 0 Å².